The molecule has 4 heteroatoms. The summed E-state index contributed by atoms with van der Waals surface area (Å²) in [4.78, 5) is 13.0. The van der Waals surface area contributed by atoms with Crippen molar-refractivity contribution in [1.29, 1.82) is 0 Å². The van der Waals surface area contributed by atoms with Gasteiger partial charge in [0.25, 0.3) is 0 Å². The van der Waals surface area contributed by atoms with Crippen LogP contribution < -0.4 is 0 Å². The molecule has 0 bridgehead atoms. The van der Waals surface area contributed by atoms with E-state index in [0.717, 1.165) is 26.1 Å². The maximum Gasteiger partial charge on any atom is 0.232 e. The normalized spacial score (nSPS) is 23.2. The molecular weight excluding hydrogens is 174 g/mol. The van der Waals surface area contributed by atoms with Crippen LogP contribution in [0.3, 0.4) is 0 Å². The summed E-state index contributed by atoms with van der Waals surface area (Å²) in [7, 11) is 1.70. The minimum Gasteiger partial charge on any atom is -0.384 e. The summed E-state index contributed by atoms with van der Waals surface area (Å²) in [5.74, 6) is 0.982. The molecule has 1 amide bonds. The van der Waals surface area contributed by atoms with E-state index >= 15 is 0 Å². The third-order valence-electron chi connectivity index (χ3n) is 2.18. The first-order valence-electron chi connectivity index (χ1n) is 4.15. The largest absolute Gasteiger partial charge is 0.384 e. The third-order valence-corrected chi connectivity index (χ3v) is 2.45. The van der Waals surface area contributed by atoms with Crippen molar-refractivity contribution in [2.45, 2.75) is 6.42 Å². The Kier molecular flexibility index (Phi) is 3.88. The summed E-state index contributed by atoms with van der Waals surface area (Å²) in [6.45, 7) is 2.47. The van der Waals surface area contributed by atoms with Crippen molar-refractivity contribution in [1.82, 2.24) is 4.90 Å². The second kappa shape index (κ2) is 4.72. The summed E-state index contributed by atoms with van der Waals surface area (Å²) in [5, 5.41) is 0. The first-order valence-corrected chi connectivity index (χ1v) is 4.78. The highest BCUT2D eigenvalue weighted by atomic mass is 32.1. The fourth-order valence-corrected chi connectivity index (χ4v) is 1.73. The fraction of sp³-hybridized carbons (Fsp3) is 0.875. The van der Waals surface area contributed by atoms with E-state index in [1.165, 1.54) is 0 Å². The predicted molar refractivity (Wildman–Crippen MR) is 50.4 cm³/mol. The van der Waals surface area contributed by atoms with Crippen LogP contribution in [-0.4, -0.2) is 43.4 Å². The Bertz CT molecular complexity index is 163. The zero-order valence-electron chi connectivity index (χ0n) is 7.32. The molecule has 0 N–H and O–H groups in total. The van der Waals surface area contributed by atoms with Gasteiger partial charge in [0.05, 0.1) is 12.4 Å². The van der Waals surface area contributed by atoms with E-state index in [1.54, 1.807) is 7.11 Å². The van der Waals surface area contributed by atoms with Crippen LogP contribution in [0, 0.1) is 5.92 Å². The average Bonchev–Trinajstić information content (AvgIpc) is 2.52. The van der Waals surface area contributed by atoms with Crippen LogP contribution in [0.4, 0.5) is 0 Å². The van der Waals surface area contributed by atoms with Crippen molar-refractivity contribution < 1.29 is 9.53 Å². The number of amides is 1. The monoisotopic (exact) mass is 189 g/mol. The SMILES string of the molecule is COCC1CCN(C(=O)CS)C1. The number of thiol groups is 1. The molecule has 0 aromatic carbocycles. The standard InChI is InChI=1S/C8H15NO2S/c1-11-5-7-2-3-9(4-7)8(10)6-12/h7,12H,2-6H2,1H3. The van der Waals surface area contributed by atoms with Gasteiger partial charge < -0.3 is 9.64 Å². The van der Waals surface area contributed by atoms with Crippen molar-refractivity contribution in [3.05, 3.63) is 0 Å². The van der Waals surface area contributed by atoms with Gasteiger partial charge in [0.15, 0.2) is 0 Å². The Morgan fingerprint density at radius 1 is 1.75 bits per heavy atom. The molecule has 1 heterocycles. The highest BCUT2D eigenvalue weighted by Crippen LogP contribution is 2.16. The number of ether oxygens (including phenoxy) is 1. The van der Waals surface area contributed by atoms with Crippen molar-refractivity contribution in [3.8, 4) is 0 Å². The van der Waals surface area contributed by atoms with E-state index in [1.807, 2.05) is 4.90 Å². The van der Waals surface area contributed by atoms with Crippen LogP contribution in [0.25, 0.3) is 0 Å². The van der Waals surface area contributed by atoms with E-state index in [-0.39, 0.29) is 5.91 Å². The molecule has 0 spiro atoms. The zero-order valence-corrected chi connectivity index (χ0v) is 8.22. The topological polar surface area (TPSA) is 29.5 Å². The number of rotatable bonds is 3. The number of nitrogens with zero attached hydrogens (tertiary/aromatic N) is 1. The number of likely N-dealkylation sites (tertiary alicyclic amines) is 1. The second-order valence-corrected chi connectivity index (χ2v) is 3.42. The van der Waals surface area contributed by atoms with E-state index in [4.69, 9.17) is 4.74 Å². The first kappa shape index (κ1) is 9.86. The maximum absolute atomic E-state index is 11.2. The molecule has 1 fully saturated rings. The third kappa shape index (κ3) is 2.38. The molecule has 1 saturated heterocycles. The summed E-state index contributed by atoms with van der Waals surface area (Å²) < 4.78 is 5.03. The van der Waals surface area contributed by atoms with Gasteiger partial charge in [0.2, 0.25) is 5.91 Å². The van der Waals surface area contributed by atoms with Crippen LogP contribution >= 0.6 is 12.6 Å². The van der Waals surface area contributed by atoms with Crippen LogP contribution in [0.1, 0.15) is 6.42 Å². The van der Waals surface area contributed by atoms with E-state index < -0.39 is 0 Å². The molecule has 1 aliphatic heterocycles. The molecule has 0 aromatic heterocycles. The van der Waals surface area contributed by atoms with Crippen molar-refractivity contribution in [2.75, 3.05) is 32.6 Å². The molecule has 1 unspecified atom stereocenters. The first-order chi connectivity index (χ1) is 5.77. The molecule has 1 rings (SSSR count). The molecule has 12 heavy (non-hydrogen) atoms. The molecule has 0 radical (unpaired) electrons. The van der Waals surface area contributed by atoms with Crippen molar-refractivity contribution >= 4 is 18.5 Å². The maximum atomic E-state index is 11.2. The Balaban J connectivity index is 2.30. The smallest absolute Gasteiger partial charge is 0.232 e. The lowest BCUT2D eigenvalue weighted by atomic mass is 10.1. The lowest BCUT2D eigenvalue weighted by molar-refractivity contribution is -0.127. The molecule has 1 aliphatic rings. The van der Waals surface area contributed by atoms with Crippen molar-refractivity contribution in [3.63, 3.8) is 0 Å². The van der Waals surface area contributed by atoms with Crippen molar-refractivity contribution in [2.24, 2.45) is 5.92 Å². The van der Waals surface area contributed by atoms with Gasteiger partial charge in [-0.05, 0) is 6.42 Å². The average molecular weight is 189 g/mol. The zero-order chi connectivity index (χ0) is 8.97. The predicted octanol–water partition coefficient (Wildman–Crippen LogP) is 0.411. The Morgan fingerprint density at radius 2 is 2.50 bits per heavy atom. The number of hydrogen-bond acceptors (Lipinski definition) is 3. The summed E-state index contributed by atoms with van der Waals surface area (Å²) in [6, 6.07) is 0. The van der Waals surface area contributed by atoms with Gasteiger partial charge in [-0.15, -0.1) is 0 Å². The van der Waals surface area contributed by atoms with E-state index in [2.05, 4.69) is 12.6 Å². The summed E-state index contributed by atoms with van der Waals surface area (Å²) >= 11 is 3.95. The number of methoxy groups -OCH3 is 1. The number of hydrogen-bond donors (Lipinski definition) is 1. The van der Waals surface area contributed by atoms with Gasteiger partial charge in [0, 0.05) is 26.1 Å². The molecule has 0 aromatic rings. The van der Waals surface area contributed by atoms with Crippen LogP contribution in [0.2, 0.25) is 0 Å². The molecule has 3 nitrogen and oxygen atoms in total. The minimum absolute atomic E-state index is 0.136. The molecular formula is C8H15NO2S. The minimum atomic E-state index is 0.136. The van der Waals surface area contributed by atoms with Gasteiger partial charge in [0.1, 0.15) is 0 Å². The van der Waals surface area contributed by atoms with Gasteiger partial charge >= 0.3 is 0 Å². The van der Waals surface area contributed by atoms with Crippen LogP contribution in [0.5, 0.6) is 0 Å². The molecule has 0 saturated carbocycles. The van der Waals surface area contributed by atoms with Crippen LogP contribution in [0.15, 0.2) is 0 Å². The van der Waals surface area contributed by atoms with E-state index in [0.29, 0.717) is 11.7 Å². The summed E-state index contributed by atoms with van der Waals surface area (Å²) in [6.07, 6.45) is 1.06. The highest BCUT2D eigenvalue weighted by molar-refractivity contribution is 7.81. The summed E-state index contributed by atoms with van der Waals surface area (Å²) in [5.41, 5.74) is 0. The molecule has 70 valence electrons. The Hall–Kier alpha value is -0.220. The van der Waals surface area contributed by atoms with Crippen LogP contribution in [-0.2, 0) is 9.53 Å². The number of carbonyl (C=O) groups is 1. The highest BCUT2D eigenvalue weighted by Gasteiger charge is 2.24. The fourth-order valence-electron chi connectivity index (χ4n) is 1.53. The Labute approximate surface area is 78.5 Å². The van der Waals surface area contributed by atoms with Gasteiger partial charge in [-0.1, -0.05) is 0 Å². The lowest BCUT2D eigenvalue weighted by Gasteiger charge is -2.14. The lowest BCUT2D eigenvalue weighted by Crippen LogP contribution is -2.30. The molecule has 0 aliphatic carbocycles. The van der Waals surface area contributed by atoms with E-state index in [9.17, 15) is 4.79 Å². The van der Waals surface area contributed by atoms with Gasteiger partial charge in [-0.2, -0.15) is 12.6 Å². The number of carbonyl (C=O) groups excluding carboxylic acids is 1. The quantitative estimate of drug-likeness (QED) is 0.652. The van der Waals surface area contributed by atoms with Gasteiger partial charge in [-0.3, -0.25) is 4.79 Å². The van der Waals surface area contributed by atoms with Gasteiger partial charge in [-0.25, -0.2) is 0 Å². The molecule has 1 atom stereocenters. The second-order valence-electron chi connectivity index (χ2n) is 3.11. The Morgan fingerprint density at radius 3 is 3.08 bits per heavy atom.